The zero-order valence-electron chi connectivity index (χ0n) is 17.9. The number of ether oxygens (including phenoxy) is 2. The minimum absolute atomic E-state index is 0.114. The smallest absolute Gasteiger partial charge is 0.251 e. The molecule has 1 aliphatic heterocycles. The van der Waals surface area contributed by atoms with E-state index in [9.17, 15) is 4.79 Å². The number of methoxy groups -OCH3 is 2. The van der Waals surface area contributed by atoms with Crippen molar-refractivity contribution in [3.63, 3.8) is 0 Å². The lowest BCUT2D eigenvalue weighted by molar-refractivity contribution is 0.0949. The monoisotopic (exact) mass is 421 g/mol. The number of hydrogen-bond donors (Lipinski definition) is 1. The molecule has 0 radical (unpaired) electrons. The van der Waals surface area contributed by atoms with Crippen LogP contribution in [0.3, 0.4) is 0 Å². The second-order valence-electron chi connectivity index (χ2n) is 7.40. The van der Waals surface area contributed by atoms with Crippen molar-refractivity contribution < 1.29 is 14.3 Å². The van der Waals surface area contributed by atoms with E-state index in [1.54, 1.807) is 26.4 Å². The predicted octanol–water partition coefficient (Wildman–Crippen LogP) is 2.28. The number of hydrogen-bond acceptors (Lipinski definition) is 6. The average Bonchev–Trinajstić information content (AvgIpc) is 3.09. The zero-order chi connectivity index (χ0) is 21.6. The summed E-state index contributed by atoms with van der Waals surface area (Å²) in [6, 6.07) is 15.0. The summed E-state index contributed by atoms with van der Waals surface area (Å²) in [5, 5.41) is 11.6. The predicted molar refractivity (Wildman–Crippen MR) is 116 cm³/mol. The second kappa shape index (κ2) is 9.61. The number of amides is 1. The van der Waals surface area contributed by atoms with E-state index in [2.05, 4.69) is 25.0 Å². The van der Waals surface area contributed by atoms with Gasteiger partial charge in [0.05, 0.1) is 26.3 Å². The van der Waals surface area contributed by atoms with Crippen molar-refractivity contribution >= 4 is 5.91 Å². The highest BCUT2D eigenvalue weighted by atomic mass is 16.5. The lowest BCUT2D eigenvalue weighted by Crippen LogP contribution is -2.28. The summed E-state index contributed by atoms with van der Waals surface area (Å²) in [5.41, 5.74) is 1.68. The SMILES string of the molecule is COc1cccc(OC)c1CN1CCc2nnc(CNC(=O)c3ccccc3)n2CC1. The number of nitrogens with zero attached hydrogens (tertiary/aromatic N) is 4. The maximum Gasteiger partial charge on any atom is 0.251 e. The maximum atomic E-state index is 12.4. The van der Waals surface area contributed by atoms with Gasteiger partial charge in [0.2, 0.25) is 0 Å². The summed E-state index contributed by atoms with van der Waals surface area (Å²) in [7, 11) is 3.36. The maximum absolute atomic E-state index is 12.4. The molecule has 2 heterocycles. The van der Waals surface area contributed by atoms with Crippen molar-refractivity contribution in [3.8, 4) is 11.5 Å². The number of benzene rings is 2. The Hall–Kier alpha value is -3.39. The Labute approximate surface area is 181 Å². The van der Waals surface area contributed by atoms with Gasteiger partial charge in [-0.05, 0) is 24.3 Å². The van der Waals surface area contributed by atoms with Gasteiger partial charge in [0.25, 0.3) is 5.91 Å². The second-order valence-corrected chi connectivity index (χ2v) is 7.40. The fourth-order valence-corrected chi connectivity index (χ4v) is 3.87. The first-order valence-corrected chi connectivity index (χ1v) is 10.4. The quantitative estimate of drug-likeness (QED) is 0.630. The molecule has 0 bridgehead atoms. The van der Waals surface area contributed by atoms with E-state index in [4.69, 9.17) is 9.47 Å². The third-order valence-corrected chi connectivity index (χ3v) is 5.55. The van der Waals surface area contributed by atoms with Crippen molar-refractivity contribution in [2.75, 3.05) is 27.3 Å². The van der Waals surface area contributed by atoms with Crippen molar-refractivity contribution in [1.82, 2.24) is 25.0 Å². The van der Waals surface area contributed by atoms with Gasteiger partial charge in [-0.25, -0.2) is 0 Å². The van der Waals surface area contributed by atoms with Gasteiger partial charge in [0.1, 0.15) is 17.3 Å². The number of carbonyl (C=O) groups is 1. The van der Waals surface area contributed by atoms with Gasteiger partial charge in [0.15, 0.2) is 5.82 Å². The van der Waals surface area contributed by atoms with Gasteiger partial charge in [-0.2, -0.15) is 0 Å². The van der Waals surface area contributed by atoms with Crippen molar-refractivity contribution in [2.45, 2.75) is 26.1 Å². The third-order valence-electron chi connectivity index (χ3n) is 5.55. The summed E-state index contributed by atoms with van der Waals surface area (Å²) in [4.78, 5) is 14.7. The number of nitrogens with one attached hydrogen (secondary N) is 1. The van der Waals surface area contributed by atoms with Gasteiger partial charge in [-0.3, -0.25) is 9.69 Å². The highest BCUT2D eigenvalue weighted by Crippen LogP contribution is 2.30. The standard InChI is InChI=1S/C23H27N5O3/c1-30-19-9-6-10-20(31-2)18(19)16-27-12-11-21-25-26-22(28(21)14-13-27)15-24-23(29)17-7-4-3-5-8-17/h3-10H,11-16H2,1-2H3,(H,24,29). The van der Waals surface area contributed by atoms with Crippen LogP contribution in [0.25, 0.3) is 0 Å². The van der Waals surface area contributed by atoms with Crippen LogP contribution in [0.2, 0.25) is 0 Å². The minimum atomic E-state index is -0.114. The number of rotatable bonds is 7. The molecule has 0 atom stereocenters. The van der Waals surface area contributed by atoms with E-state index < -0.39 is 0 Å². The van der Waals surface area contributed by atoms with Gasteiger partial charge in [0, 0.05) is 38.2 Å². The molecule has 1 N–H and O–H groups in total. The largest absolute Gasteiger partial charge is 0.496 e. The zero-order valence-corrected chi connectivity index (χ0v) is 17.9. The molecule has 0 saturated heterocycles. The fourth-order valence-electron chi connectivity index (χ4n) is 3.87. The molecule has 31 heavy (non-hydrogen) atoms. The Kier molecular flexibility index (Phi) is 6.47. The van der Waals surface area contributed by atoms with Gasteiger partial charge >= 0.3 is 0 Å². The van der Waals surface area contributed by atoms with Crippen LogP contribution in [0.1, 0.15) is 27.6 Å². The van der Waals surface area contributed by atoms with Gasteiger partial charge < -0.3 is 19.4 Å². The van der Waals surface area contributed by atoms with E-state index >= 15 is 0 Å². The molecule has 8 heteroatoms. The van der Waals surface area contributed by atoms with Crippen LogP contribution in [-0.2, 0) is 26.1 Å². The first-order valence-electron chi connectivity index (χ1n) is 10.4. The van der Waals surface area contributed by atoms with Crippen molar-refractivity contribution in [3.05, 3.63) is 71.3 Å². The number of carbonyl (C=O) groups excluding carboxylic acids is 1. The fraction of sp³-hybridized carbons (Fsp3) is 0.348. The molecule has 0 aliphatic carbocycles. The van der Waals surface area contributed by atoms with Crippen LogP contribution in [0.5, 0.6) is 11.5 Å². The molecule has 1 amide bonds. The molecule has 162 valence electrons. The van der Waals surface area contributed by atoms with Crippen molar-refractivity contribution in [2.24, 2.45) is 0 Å². The molecule has 0 spiro atoms. The first kappa shape index (κ1) is 20.9. The highest BCUT2D eigenvalue weighted by molar-refractivity contribution is 5.93. The van der Waals surface area contributed by atoms with Crippen LogP contribution in [0, 0.1) is 0 Å². The van der Waals surface area contributed by atoms with E-state index in [-0.39, 0.29) is 5.91 Å². The molecule has 1 aliphatic rings. The average molecular weight is 422 g/mol. The summed E-state index contributed by atoms with van der Waals surface area (Å²) in [6.07, 6.45) is 0.789. The van der Waals surface area contributed by atoms with Gasteiger partial charge in [-0.1, -0.05) is 24.3 Å². The highest BCUT2D eigenvalue weighted by Gasteiger charge is 2.21. The minimum Gasteiger partial charge on any atom is -0.496 e. The van der Waals surface area contributed by atoms with Crippen LogP contribution >= 0.6 is 0 Å². The molecular weight excluding hydrogens is 394 g/mol. The molecule has 3 aromatic rings. The van der Waals surface area contributed by atoms with E-state index in [1.165, 1.54) is 0 Å². The summed E-state index contributed by atoms with van der Waals surface area (Å²) < 4.78 is 13.2. The Morgan fingerprint density at radius 2 is 1.71 bits per heavy atom. The molecule has 8 nitrogen and oxygen atoms in total. The third kappa shape index (κ3) is 4.69. The molecule has 1 aromatic heterocycles. The summed E-state index contributed by atoms with van der Waals surface area (Å²) in [6.45, 7) is 3.53. The van der Waals surface area contributed by atoms with E-state index in [0.717, 1.165) is 61.3 Å². The van der Waals surface area contributed by atoms with Crippen LogP contribution in [-0.4, -0.2) is 52.9 Å². The lowest BCUT2D eigenvalue weighted by atomic mass is 10.1. The topological polar surface area (TPSA) is 81.5 Å². The van der Waals surface area contributed by atoms with Crippen molar-refractivity contribution in [1.29, 1.82) is 0 Å². The Balaban J connectivity index is 1.41. The molecule has 2 aromatic carbocycles. The molecular formula is C23H27N5O3. The summed E-state index contributed by atoms with van der Waals surface area (Å²) in [5.74, 6) is 3.26. The van der Waals surface area contributed by atoms with E-state index in [1.807, 2.05) is 36.4 Å². The number of aromatic nitrogens is 3. The van der Waals surface area contributed by atoms with Crippen LogP contribution in [0.15, 0.2) is 48.5 Å². The van der Waals surface area contributed by atoms with Crippen LogP contribution in [0.4, 0.5) is 0 Å². The first-order chi connectivity index (χ1) is 15.2. The summed E-state index contributed by atoms with van der Waals surface area (Å²) >= 11 is 0. The van der Waals surface area contributed by atoms with Crippen LogP contribution < -0.4 is 14.8 Å². The molecule has 0 fully saturated rings. The Bertz CT molecular complexity index is 1010. The Morgan fingerprint density at radius 1 is 0.968 bits per heavy atom. The van der Waals surface area contributed by atoms with E-state index in [0.29, 0.717) is 12.1 Å². The lowest BCUT2D eigenvalue weighted by Gasteiger charge is -2.22. The van der Waals surface area contributed by atoms with Gasteiger partial charge in [-0.15, -0.1) is 10.2 Å². The normalized spacial score (nSPS) is 13.9. The number of fused-ring (bicyclic) bond motifs is 1. The molecule has 0 saturated carbocycles. The molecule has 0 unspecified atom stereocenters. The Morgan fingerprint density at radius 3 is 2.42 bits per heavy atom. The molecule has 4 rings (SSSR count).